The molecule has 0 radical (unpaired) electrons. The highest BCUT2D eigenvalue weighted by Crippen LogP contribution is 2.22. The second-order valence-electron chi connectivity index (χ2n) is 5.84. The average molecular weight is 280 g/mol. The Balaban J connectivity index is 1.91. The molecule has 20 heavy (non-hydrogen) atoms. The van der Waals surface area contributed by atoms with E-state index in [0.29, 0.717) is 6.04 Å². The first-order valence-corrected chi connectivity index (χ1v) is 7.68. The third kappa shape index (κ3) is 4.33. The molecule has 114 valence electrons. The van der Waals surface area contributed by atoms with Gasteiger partial charge in [-0.15, -0.1) is 0 Å². The molecule has 0 spiro atoms. The summed E-state index contributed by atoms with van der Waals surface area (Å²) >= 11 is 0. The van der Waals surface area contributed by atoms with Crippen molar-refractivity contribution in [2.24, 2.45) is 0 Å². The van der Waals surface area contributed by atoms with Crippen LogP contribution in [0.5, 0.6) is 0 Å². The molecule has 0 bridgehead atoms. The standard InChI is InChI=1S/C16H28N2O2/c1-5-18(13(3)11-19-4)10-15-8-12(2)16(20-15)9-17-14-6-7-14/h8,13-14,17H,5-7,9-11H2,1-4H3. The smallest absolute Gasteiger partial charge is 0.120 e. The van der Waals surface area contributed by atoms with Crippen molar-refractivity contribution >= 4 is 0 Å². The van der Waals surface area contributed by atoms with Crippen molar-refractivity contribution in [3.05, 3.63) is 23.2 Å². The molecule has 0 amide bonds. The molecule has 1 N–H and O–H groups in total. The van der Waals surface area contributed by atoms with Gasteiger partial charge in [0.1, 0.15) is 11.5 Å². The number of furan rings is 1. The van der Waals surface area contributed by atoms with E-state index in [1.165, 1.54) is 18.4 Å². The Morgan fingerprint density at radius 2 is 2.25 bits per heavy atom. The number of likely N-dealkylation sites (N-methyl/N-ethyl adjacent to an activating group) is 1. The quantitative estimate of drug-likeness (QED) is 0.755. The summed E-state index contributed by atoms with van der Waals surface area (Å²) in [5.74, 6) is 2.14. The van der Waals surface area contributed by atoms with E-state index in [4.69, 9.17) is 9.15 Å². The molecule has 1 unspecified atom stereocenters. The van der Waals surface area contributed by atoms with E-state index < -0.39 is 0 Å². The fourth-order valence-electron chi connectivity index (χ4n) is 2.49. The lowest BCUT2D eigenvalue weighted by Crippen LogP contribution is -2.35. The van der Waals surface area contributed by atoms with Gasteiger partial charge in [0.2, 0.25) is 0 Å². The Hall–Kier alpha value is -0.840. The van der Waals surface area contributed by atoms with Gasteiger partial charge in [0.25, 0.3) is 0 Å². The second kappa shape index (κ2) is 7.25. The molecular weight excluding hydrogens is 252 g/mol. The van der Waals surface area contributed by atoms with Gasteiger partial charge in [-0.1, -0.05) is 6.92 Å². The highest BCUT2D eigenvalue weighted by molar-refractivity contribution is 5.20. The number of hydrogen-bond donors (Lipinski definition) is 1. The van der Waals surface area contributed by atoms with Crippen molar-refractivity contribution in [1.82, 2.24) is 10.2 Å². The molecule has 0 aromatic carbocycles. The van der Waals surface area contributed by atoms with E-state index in [1.54, 1.807) is 7.11 Å². The molecule has 1 heterocycles. The molecule has 2 rings (SSSR count). The summed E-state index contributed by atoms with van der Waals surface area (Å²) in [4.78, 5) is 2.37. The fraction of sp³-hybridized carbons (Fsp3) is 0.750. The lowest BCUT2D eigenvalue weighted by molar-refractivity contribution is 0.0933. The van der Waals surface area contributed by atoms with Crippen molar-refractivity contribution in [1.29, 1.82) is 0 Å². The van der Waals surface area contributed by atoms with Crippen LogP contribution in [0.2, 0.25) is 0 Å². The lowest BCUT2D eigenvalue weighted by atomic mass is 10.2. The molecule has 0 aliphatic heterocycles. The van der Waals surface area contributed by atoms with Crippen LogP contribution in [0.25, 0.3) is 0 Å². The summed E-state index contributed by atoms with van der Waals surface area (Å²) in [5, 5.41) is 3.51. The Bertz CT molecular complexity index is 413. The zero-order chi connectivity index (χ0) is 14.5. The SMILES string of the molecule is CCN(Cc1cc(C)c(CNC2CC2)o1)C(C)COC. The zero-order valence-electron chi connectivity index (χ0n) is 13.2. The third-order valence-electron chi connectivity index (χ3n) is 4.00. The van der Waals surface area contributed by atoms with Gasteiger partial charge >= 0.3 is 0 Å². The summed E-state index contributed by atoms with van der Waals surface area (Å²) < 4.78 is 11.3. The summed E-state index contributed by atoms with van der Waals surface area (Å²) in [6.07, 6.45) is 2.62. The number of hydrogen-bond acceptors (Lipinski definition) is 4. The number of nitrogens with one attached hydrogen (secondary N) is 1. The van der Waals surface area contributed by atoms with Crippen LogP contribution in [0.3, 0.4) is 0 Å². The lowest BCUT2D eigenvalue weighted by Gasteiger charge is -2.26. The van der Waals surface area contributed by atoms with Gasteiger partial charge in [0.05, 0.1) is 19.7 Å². The van der Waals surface area contributed by atoms with Crippen molar-refractivity contribution in [3.63, 3.8) is 0 Å². The molecule has 1 aromatic rings. The van der Waals surface area contributed by atoms with Crippen LogP contribution in [0, 0.1) is 6.92 Å². The van der Waals surface area contributed by atoms with E-state index in [9.17, 15) is 0 Å². The van der Waals surface area contributed by atoms with E-state index in [1.807, 2.05) is 0 Å². The Kier molecular flexibility index (Phi) is 5.64. The predicted octanol–water partition coefficient (Wildman–Crippen LogP) is 2.70. The van der Waals surface area contributed by atoms with E-state index >= 15 is 0 Å². The van der Waals surface area contributed by atoms with Gasteiger partial charge in [-0.2, -0.15) is 0 Å². The van der Waals surface area contributed by atoms with Gasteiger partial charge in [-0.3, -0.25) is 4.90 Å². The van der Waals surface area contributed by atoms with E-state index in [2.05, 4.69) is 37.1 Å². The van der Waals surface area contributed by atoms with Gasteiger partial charge < -0.3 is 14.5 Å². The molecule has 1 saturated carbocycles. The van der Waals surface area contributed by atoms with Crippen molar-refractivity contribution in [2.45, 2.75) is 58.8 Å². The Morgan fingerprint density at radius 1 is 1.50 bits per heavy atom. The summed E-state index contributed by atoms with van der Waals surface area (Å²) in [6.45, 7) is 9.97. The topological polar surface area (TPSA) is 37.6 Å². The van der Waals surface area contributed by atoms with Gasteiger partial charge in [0, 0.05) is 19.2 Å². The highest BCUT2D eigenvalue weighted by Gasteiger charge is 2.21. The molecule has 1 aromatic heterocycles. The maximum atomic E-state index is 6.01. The molecule has 1 atom stereocenters. The first-order valence-electron chi connectivity index (χ1n) is 7.68. The third-order valence-corrected chi connectivity index (χ3v) is 4.00. The first kappa shape index (κ1) is 15.5. The Labute approximate surface area is 122 Å². The number of methoxy groups -OCH3 is 1. The molecule has 1 aliphatic carbocycles. The summed E-state index contributed by atoms with van der Waals surface area (Å²) in [5.41, 5.74) is 1.25. The first-order chi connectivity index (χ1) is 9.63. The van der Waals surface area contributed by atoms with Gasteiger partial charge in [-0.05, 0) is 44.9 Å². The number of rotatable bonds is 9. The molecule has 1 fully saturated rings. The van der Waals surface area contributed by atoms with Crippen molar-refractivity contribution in [2.75, 3.05) is 20.3 Å². The highest BCUT2D eigenvalue weighted by atomic mass is 16.5. The summed E-state index contributed by atoms with van der Waals surface area (Å²) in [7, 11) is 1.75. The van der Waals surface area contributed by atoms with Gasteiger partial charge in [-0.25, -0.2) is 0 Å². The van der Waals surface area contributed by atoms with E-state index in [-0.39, 0.29) is 0 Å². The minimum absolute atomic E-state index is 0.406. The van der Waals surface area contributed by atoms with Crippen LogP contribution >= 0.6 is 0 Å². The Morgan fingerprint density at radius 3 is 2.85 bits per heavy atom. The maximum absolute atomic E-state index is 6.01. The van der Waals surface area contributed by atoms with Crippen LogP contribution < -0.4 is 5.32 Å². The largest absolute Gasteiger partial charge is 0.463 e. The van der Waals surface area contributed by atoms with Crippen molar-refractivity contribution < 1.29 is 9.15 Å². The van der Waals surface area contributed by atoms with Crippen LogP contribution in [-0.4, -0.2) is 37.2 Å². The molecule has 4 heteroatoms. The predicted molar refractivity (Wildman–Crippen MR) is 80.7 cm³/mol. The zero-order valence-corrected chi connectivity index (χ0v) is 13.2. The van der Waals surface area contributed by atoms with Crippen LogP contribution in [0.4, 0.5) is 0 Å². The van der Waals surface area contributed by atoms with Gasteiger partial charge in [0.15, 0.2) is 0 Å². The fourth-order valence-corrected chi connectivity index (χ4v) is 2.49. The molecular formula is C16H28N2O2. The second-order valence-corrected chi connectivity index (χ2v) is 5.84. The molecule has 4 nitrogen and oxygen atoms in total. The van der Waals surface area contributed by atoms with E-state index in [0.717, 1.165) is 43.8 Å². The van der Waals surface area contributed by atoms with Crippen LogP contribution in [0.15, 0.2) is 10.5 Å². The monoisotopic (exact) mass is 280 g/mol. The molecule has 1 aliphatic rings. The minimum Gasteiger partial charge on any atom is -0.463 e. The summed E-state index contributed by atoms with van der Waals surface area (Å²) in [6, 6.07) is 3.30. The normalized spacial score (nSPS) is 16.9. The minimum atomic E-state index is 0.406. The number of aryl methyl sites for hydroxylation is 1. The average Bonchev–Trinajstić information content (AvgIpc) is 3.18. The van der Waals surface area contributed by atoms with Crippen LogP contribution in [-0.2, 0) is 17.8 Å². The molecule has 0 saturated heterocycles. The number of nitrogens with zero attached hydrogens (tertiary/aromatic N) is 1. The van der Waals surface area contributed by atoms with Crippen molar-refractivity contribution in [3.8, 4) is 0 Å². The van der Waals surface area contributed by atoms with Crippen LogP contribution in [0.1, 0.15) is 43.8 Å². The number of ether oxygens (including phenoxy) is 1. The maximum Gasteiger partial charge on any atom is 0.120 e.